The molecule has 0 N–H and O–H groups in total. The van der Waals surface area contributed by atoms with Crippen LogP contribution in [-0.4, -0.2) is 23.2 Å². The molecule has 2 aromatic rings. The molecule has 3 rings (SSSR count). The van der Waals surface area contributed by atoms with Gasteiger partial charge in [-0.3, -0.25) is 0 Å². The summed E-state index contributed by atoms with van der Waals surface area (Å²) < 4.78 is 18.3. The van der Waals surface area contributed by atoms with Gasteiger partial charge in [0.05, 0.1) is 11.3 Å². The van der Waals surface area contributed by atoms with Crippen molar-refractivity contribution in [1.82, 2.24) is 10.1 Å². The number of piperidine rings is 1. The summed E-state index contributed by atoms with van der Waals surface area (Å²) in [5, 5.41) is 13.2. The molecule has 0 aliphatic carbocycles. The number of aromatic nitrogens is 2. The second kappa shape index (κ2) is 5.52. The smallest absolute Gasteiger partial charge is 0.223 e. The molecule has 0 spiro atoms. The minimum absolute atomic E-state index is 0.174. The highest BCUT2D eigenvalue weighted by Gasteiger charge is 2.26. The maximum atomic E-state index is 13.2. The molecule has 1 saturated heterocycles. The molecule has 1 aliphatic rings. The summed E-state index contributed by atoms with van der Waals surface area (Å²) in [4.78, 5) is 6.38. The first-order chi connectivity index (χ1) is 10.2. The van der Waals surface area contributed by atoms with Crippen LogP contribution in [0.25, 0.3) is 0 Å². The third kappa shape index (κ3) is 2.72. The largest absolute Gasteiger partial charge is 0.370 e. The molecule has 1 aliphatic heterocycles. The quantitative estimate of drug-likeness (QED) is 0.849. The minimum Gasteiger partial charge on any atom is -0.370 e. The van der Waals surface area contributed by atoms with Gasteiger partial charge in [0.2, 0.25) is 5.89 Å². The second-order valence-electron chi connectivity index (χ2n) is 5.23. The Morgan fingerprint density at radius 2 is 2.33 bits per heavy atom. The molecule has 6 heteroatoms. The fraction of sp³-hybridized carbons (Fsp3) is 0.400. The monoisotopic (exact) mass is 286 g/mol. The number of aryl methyl sites for hydroxylation is 1. The van der Waals surface area contributed by atoms with E-state index in [1.54, 1.807) is 13.0 Å². The van der Waals surface area contributed by atoms with Gasteiger partial charge in [-0.05, 0) is 31.0 Å². The Bertz CT molecular complexity index is 691. The van der Waals surface area contributed by atoms with Gasteiger partial charge < -0.3 is 9.42 Å². The molecule has 21 heavy (non-hydrogen) atoms. The van der Waals surface area contributed by atoms with E-state index in [0.29, 0.717) is 23.8 Å². The standard InChI is InChI=1S/C15H15FN4O/c1-10-18-15(19-21-10)11-3-2-6-20(9-11)14-5-4-13(16)7-12(14)8-17/h4-5,7,11H,2-3,6,9H2,1H3. The molecule has 1 aromatic carbocycles. The average molecular weight is 286 g/mol. The molecule has 0 amide bonds. The fourth-order valence-corrected chi connectivity index (χ4v) is 2.76. The van der Waals surface area contributed by atoms with Gasteiger partial charge in [0.1, 0.15) is 11.9 Å². The van der Waals surface area contributed by atoms with Crippen LogP contribution in [0, 0.1) is 24.1 Å². The molecule has 1 aromatic heterocycles. The highest BCUT2D eigenvalue weighted by molar-refractivity contribution is 5.59. The van der Waals surface area contributed by atoms with E-state index in [2.05, 4.69) is 21.1 Å². The summed E-state index contributed by atoms with van der Waals surface area (Å²) >= 11 is 0. The van der Waals surface area contributed by atoms with Crippen LogP contribution >= 0.6 is 0 Å². The highest BCUT2D eigenvalue weighted by Crippen LogP contribution is 2.30. The Kier molecular flexibility index (Phi) is 3.57. The van der Waals surface area contributed by atoms with E-state index in [1.165, 1.54) is 12.1 Å². The van der Waals surface area contributed by atoms with Crippen molar-refractivity contribution in [1.29, 1.82) is 5.26 Å². The Balaban J connectivity index is 1.85. The molecule has 2 heterocycles. The zero-order chi connectivity index (χ0) is 14.8. The van der Waals surface area contributed by atoms with E-state index in [9.17, 15) is 9.65 Å². The molecule has 1 fully saturated rings. The summed E-state index contributed by atoms with van der Waals surface area (Å²) in [6.07, 6.45) is 1.96. The van der Waals surface area contributed by atoms with E-state index in [1.807, 2.05) is 0 Å². The van der Waals surface area contributed by atoms with Gasteiger partial charge in [-0.25, -0.2) is 4.39 Å². The number of hydrogen-bond donors (Lipinski definition) is 0. The summed E-state index contributed by atoms with van der Waals surface area (Å²) in [7, 11) is 0. The minimum atomic E-state index is -0.391. The van der Waals surface area contributed by atoms with Crippen LogP contribution in [0.1, 0.15) is 36.0 Å². The van der Waals surface area contributed by atoms with E-state index < -0.39 is 5.82 Å². The van der Waals surface area contributed by atoms with Crippen LogP contribution in [0.4, 0.5) is 10.1 Å². The number of rotatable bonds is 2. The van der Waals surface area contributed by atoms with E-state index in [0.717, 1.165) is 25.1 Å². The van der Waals surface area contributed by atoms with Crippen molar-refractivity contribution in [3.63, 3.8) is 0 Å². The number of nitriles is 1. The molecule has 1 unspecified atom stereocenters. The van der Waals surface area contributed by atoms with Crippen molar-refractivity contribution < 1.29 is 8.91 Å². The maximum absolute atomic E-state index is 13.2. The Labute approximate surface area is 122 Å². The Morgan fingerprint density at radius 3 is 3.05 bits per heavy atom. The topological polar surface area (TPSA) is 66.0 Å². The molecule has 0 bridgehead atoms. The van der Waals surface area contributed by atoms with Crippen molar-refractivity contribution in [3.05, 3.63) is 41.3 Å². The van der Waals surface area contributed by atoms with Crippen molar-refractivity contribution in [3.8, 4) is 6.07 Å². The summed E-state index contributed by atoms with van der Waals surface area (Å²) in [6.45, 7) is 3.32. The third-order valence-electron chi connectivity index (χ3n) is 3.75. The SMILES string of the molecule is Cc1nc(C2CCCN(c3ccc(F)cc3C#N)C2)no1. The summed E-state index contributed by atoms with van der Waals surface area (Å²) in [6, 6.07) is 6.39. The molecule has 1 atom stereocenters. The van der Waals surface area contributed by atoms with Crippen LogP contribution in [0.5, 0.6) is 0 Å². The average Bonchev–Trinajstić information content (AvgIpc) is 2.94. The lowest BCUT2D eigenvalue weighted by atomic mass is 9.96. The highest BCUT2D eigenvalue weighted by atomic mass is 19.1. The zero-order valence-electron chi connectivity index (χ0n) is 11.7. The Morgan fingerprint density at radius 1 is 1.48 bits per heavy atom. The van der Waals surface area contributed by atoms with Crippen molar-refractivity contribution >= 4 is 5.69 Å². The van der Waals surface area contributed by atoms with E-state index in [-0.39, 0.29) is 5.92 Å². The van der Waals surface area contributed by atoms with Crippen molar-refractivity contribution in [2.75, 3.05) is 18.0 Å². The van der Waals surface area contributed by atoms with E-state index in [4.69, 9.17) is 4.52 Å². The van der Waals surface area contributed by atoms with Gasteiger partial charge in [-0.15, -0.1) is 0 Å². The van der Waals surface area contributed by atoms with Gasteiger partial charge in [0.15, 0.2) is 5.82 Å². The Hall–Kier alpha value is -2.42. The molecule has 108 valence electrons. The summed E-state index contributed by atoms with van der Waals surface area (Å²) in [5.74, 6) is 1.05. The predicted molar refractivity (Wildman–Crippen MR) is 74.3 cm³/mol. The number of anilines is 1. The number of hydrogen-bond acceptors (Lipinski definition) is 5. The van der Waals surface area contributed by atoms with Crippen LogP contribution in [0.2, 0.25) is 0 Å². The fourth-order valence-electron chi connectivity index (χ4n) is 2.76. The molecule has 0 radical (unpaired) electrons. The van der Waals surface area contributed by atoms with Gasteiger partial charge in [-0.1, -0.05) is 5.16 Å². The first-order valence-corrected chi connectivity index (χ1v) is 6.92. The van der Waals surface area contributed by atoms with Crippen LogP contribution in [0.15, 0.2) is 22.7 Å². The third-order valence-corrected chi connectivity index (χ3v) is 3.75. The second-order valence-corrected chi connectivity index (χ2v) is 5.23. The van der Waals surface area contributed by atoms with Gasteiger partial charge in [-0.2, -0.15) is 10.2 Å². The lowest BCUT2D eigenvalue weighted by Gasteiger charge is -2.33. The van der Waals surface area contributed by atoms with Gasteiger partial charge in [0, 0.05) is 25.9 Å². The summed E-state index contributed by atoms with van der Waals surface area (Å²) in [5.41, 5.74) is 1.13. The first-order valence-electron chi connectivity index (χ1n) is 6.92. The van der Waals surface area contributed by atoms with Crippen LogP contribution in [0.3, 0.4) is 0 Å². The molecular weight excluding hydrogens is 271 g/mol. The first kappa shape index (κ1) is 13.6. The molecule has 5 nitrogen and oxygen atoms in total. The van der Waals surface area contributed by atoms with Gasteiger partial charge in [0.25, 0.3) is 0 Å². The van der Waals surface area contributed by atoms with E-state index >= 15 is 0 Å². The number of halogens is 1. The van der Waals surface area contributed by atoms with Crippen molar-refractivity contribution in [2.45, 2.75) is 25.7 Å². The lowest BCUT2D eigenvalue weighted by molar-refractivity contribution is 0.377. The molecule has 0 saturated carbocycles. The van der Waals surface area contributed by atoms with Crippen molar-refractivity contribution in [2.24, 2.45) is 0 Å². The normalized spacial score (nSPS) is 18.5. The lowest BCUT2D eigenvalue weighted by Crippen LogP contribution is -2.35. The predicted octanol–water partition coefficient (Wildman–Crippen LogP) is 2.77. The zero-order valence-corrected chi connectivity index (χ0v) is 11.7. The number of nitrogens with zero attached hydrogens (tertiary/aromatic N) is 4. The maximum Gasteiger partial charge on any atom is 0.223 e. The van der Waals surface area contributed by atoms with Crippen LogP contribution < -0.4 is 4.90 Å². The van der Waals surface area contributed by atoms with Gasteiger partial charge >= 0.3 is 0 Å². The molecular formula is C15H15FN4O. The van der Waals surface area contributed by atoms with Crippen LogP contribution in [-0.2, 0) is 0 Å². The number of benzene rings is 1.